The van der Waals surface area contributed by atoms with Crippen LogP contribution >= 0.6 is 11.3 Å². The minimum atomic E-state index is -1.58. The number of thiophene rings is 1. The van der Waals surface area contributed by atoms with E-state index in [1.54, 1.807) is 6.07 Å². The zero-order valence-corrected chi connectivity index (χ0v) is 15.0. The van der Waals surface area contributed by atoms with Gasteiger partial charge in [0.25, 0.3) is 0 Å². The molecule has 3 rings (SSSR count). The van der Waals surface area contributed by atoms with Crippen molar-refractivity contribution in [2.24, 2.45) is 11.8 Å². The molecule has 0 saturated heterocycles. The predicted molar refractivity (Wildman–Crippen MR) is 89.6 cm³/mol. The quantitative estimate of drug-likeness (QED) is 0.726. The molecule has 3 atom stereocenters. The van der Waals surface area contributed by atoms with Gasteiger partial charge < -0.3 is 4.74 Å². The predicted octanol–water partition coefficient (Wildman–Crippen LogP) is 4.64. The Morgan fingerprint density at radius 2 is 1.92 bits per heavy atom. The van der Waals surface area contributed by atoms with E-state index in [0.29, 0.717) is 10.8 Å². The smallest absolute Gasteiger partial charge is 0.348 e. The molecule has 0 radical (unpaired) electrons. The summed E-state index contributed by atoms with van der Waals surface area (Å²) in [6.45, 7) is 6.17. The monoisotopic (exact) mass is 355 g/mol. The number of carbonyl (C=O) groups is 1. The molecular formula is C18H23F2NO2S. The second-order valence-electron chi connectivity index (χ2n) is 6.26. The Bertz CT molecular complexity index is 590. The van der Waals surface area contributed by atoms with Crippen LogP contribution in [0.1, 0.15) is 53.7 Å². The van der Waals surface area contributed by atoms with E-state index in [1.165, 1.54) is 21.8 Å². The van der Waals surface area contributed by atoms with Crippen LogP contribution in [0.3, 0.4) is 0 Å². The summed E-state index contributed by atoms with van der Waals surface area (Å²) >= 11 is 1.41. The number of halogens is 2. The number of carbonyl (C=O) groups excluding carboxylic acids is 1. The van der Waals surface area contributed by atoms with E-state index in [4.69, 9.17) is 10.00 Å². The lowest BCUT2D eigenvalue weighted by Crippen LogP contribution is -2.39. The Morgan fingerprint density at radius 3 is 2.46 bits per heavy atom. The summed E-state index contributed by atoms with van der Waals surface area (Å²) in [5, 5.41) is 8.73. The van der Waals surface area contributed by atoms with Crippen LogP contribution in [-0.2, 0) is 17.6 Å². The van der Waals surface area contributed by atoms with Gasteiger partial charge in [0.1, 0.15) is 29.2 Å². The van der Waals surface area contributed by atoms with Crippen molar-refractivity contribution < 1.29 is 18.3 Å². The number of nitrogens with zero attached hydrogens (tertiary/aromatic N) is 1. The number of fused-ring (bicyclic) bond motifs is 1. The second-order valence-corrected chi connectivity index (χ2v) is 7.39. The highest BCUT2D eigenvalue weighted by Crippen LogP contribution is 2.35. The van der Waals surface area contributed by atoms with Crippen molar-refractivity contribution in [3.63, 3.8) is 0 Å². The summed E-state index contributed by atoms with van der Waals surface area (Å²) in [5.74, 6) is -1.15. The number of esters is 1. The first kappa shape index (κ1) is 18.9. The molecular weight excluding hydrogens is 332 g/mol. The Balaban J connectivity index is 0.00000100. The zero-order valence-electron chi connectivity index (χ0n) is 14.2. The Hall–Kier alpha value is -1.48. The standard InChI is InChI=1S/C16H17F2NO2S.C2H6/c1-8-2-9-4-15(22-14(9)3-8)16(20)21-10-5-12(17)11(7-19)13(18)6-10;1-2/h4,8,10-13H,2-3,5-6H2,1H3;1-2H3. The lowest BCUT2D eigenvalue weighted by Gasteiger charge is -2.30. The first-order valence-corrected chi connectivity index (χ1v) is 9.30. The molecule has 1 aromatic heterocycles. The van der Waals surface area contributed by atoms with Gasteiger partial charge in [0.15, 0.2) is 0 Å². The maximum absolute atomic E-state index is 13.7. The van der Waals surface area contributed by atoms with Gasteiger partial charge in [-0.1, -0.05) is 20.8 Å². The number of alkyl halides is 2. The van der Waals surface area contributed by atoms with Crippen molar-refractivity contribution >= 4 is 17.3 Å². The van der Waals surface area contributed by atoms with Crippen LogP contribution in [0.25, 0.3) is 0 Å². The zero-order chi connectivity index (χ0) is 17.9. The lowest BCUT2D eigenvalue weighted by atomic mass is 9.85. The second kappa shape index (κ2) is 8.06. The topological polar surface area (TPSA) is 50.1 Å². The van der Waals surface area contributed by atoms with Gasteiger partial charge in [0, 0.05) is 17.7 Å². The van der Waals surface area contributed by atoms with Crippen molar-refractivity contribution in [2.75, 3.05) is 0 Å². The minimum Gasteiger partial charge on any atom is -0.458 e. The third-order valence-corrected chi connectivity index (χ3v) is 5.56. The fourth-order valence-electron chi connectivity index (χ4n) is 3.26. The molecule has 24 heavy (non-hydrogen) atoms. The van der Waals surface area contributed by atoms with E-state index in [0.717, 1.165) is 12.8 Å². The van der Waals surface area contributed by atoms with E-state index in [1.807, 2.05) is 19.9 Å². The number of hydrogen-bond donors (Lipinski definition) is 0. The van der Waals surface area contributed by atoms with Gasteiger partial charge in [-0.2, -0.15) is 5.26 Å². The van der Waals surface area contributed by atoms with E-state index in [9.17, 15) is 13.6 Å². The van der Waals surface area contributed by atoms with E-state index in [-0.39, 0.29) is 12.8 Å². The Kier molecular flexibility index (Phi) is 6.34. The van der Waals surface area contributed by atoms with Crippen LogP contribution in [0.2, 0.25) is 0 Å². The van der Waals surface area contributed by atoms with Crippen molar-refractivity contribution in [3.05, 3.63) is 21.4 Å². The maximum atomic E-state index is 13.7. The molecule has 132 valence electrons. The van der Waals surface area contributed by atoms with Gasteiger partial charge in [-0.05, 0) is 30.4 Å². The molecule has 0 spiro atoms. The summed E-state index contributed by atoms with van der Waals surface area (Å²) < 4.78 is 32.7. The van der Waals surface area contributed by atoms with Gasteiger partial charge in [-0.25, -0.2) is 13.6 Å². The number of rotatable bonds is 2. The van der Waals surface area contributed by atoms with Crippen LogP contribution in [-0.4, -0.2) is 24.4 Å². The molecule has 1 saturated carbocycles. The normalized spacial score (nSPS) is 31.4. The summed E-state index contributed by atoms with van der Waals surface area (Å²) in [7, 11) is 0. The molecule has 1 heterocycles. The molecule has 3 nitrogen and oxygen atoms in total. The highest BCUT2D eigenvalue weighted by Gasteiger charge is 2.40. The fourth-order valence-corrected chi connectivity index (χ4v) is 4.50. The molecule has 2 aliphatic carbocycles. The summed E-state index contributed by atoms with van der Waals surface area (Å²) in [4.78, 5) is 13.9. The largest absolute Gasteiger partial charge is 0.458 e. The van der Waals surface area contributed by atoms with Gasteiger partial charge in [-0.3, -0.25) is 0 Å². The van der Waals surface area contributed by atoms with Crippen LogP contribution < -0.4 is 0 Å². The maximum Gasteiger partial charge on any atom is 0.348 e. The van der Waals surface area contributed by atoms with Crippen molar-refractivity contribution in [2.45, 2.75) is 64.9 Å². The highest BCUT2D eigenvalue weighted by atomic mass is 32.1. The van der Waals surface area contributed by atoms with Gasteiger partial charge >= 0.3 is 5.97 Å². The van der Waals surface area contributed by atoms with Crippen LogP contribution in [0.15, 0.2) is 6.07 Å². The molecule has 6 heteroatoms. The molecule has 0 aromatic carbocycles. The van der Waals surface area contributed by atoms with Crippen molar-refractivity contribution in [1.29, 1.82) is 5.26 Å². The van der Waals surface area contributed by atoms with E-state index >= 15 is 0 Å². The molecule has 1 fully saturated rings. The molecule has 3 unspecified atom stereocenters. The average molecular weight is 355 g/mol. The SMILES string of the molecule is CC.CC1Cc2cc(C(=O)OC3CC(F)C(C#N)C(F)C3)sc2C1. The van der Waals surface area contributed by atoms with E-state index in [2.05, 4.69) is 6.92 Å². The first-order valence-electron chi connectivity index (χ1n) is 8.48. The van der Waals surface area contributed by atoms with Crippen molar-refractivity contribution in [3.8, 4) is 6.07 Å². The third-order valence-electron chi connectivity index (χ3n) is 4.38. The lowest BCUT2D eigenvalue weighted by molar-refractivity contribution is -0.0166. The Morgan fingerprint density at radius 1 is 1.29 bits per heavy atom. The number of nitriles is 1. The highest BCUT2D eigenvalue weighted by molar-refractivity contribution is 7.14. The van der Waals surface area contributed by atoms with E-state index < -0.39 is 30.3 Å². The van der Waals surface area contributed by atoms with Crippen LogP contribution in [0.5, 0.6) is 0 Å². The third kappa shape index (κ3) is 3.94. The van der Waals surface area contributed by atoms with Gasteiger partial charge in [0.05, 0.1) is 6.07 Å². The van der Waals surface area contributed by atoms with Crippen LogP contribution in [0, 0.1) is 23.2 Å². The number of ether oxygens (including phenoxy) is 1. The molecule has 1 aromatic rings. The number of hydrogen-bond acceptors (Lipinski definition) is 4. The minimum absolute atomic E-state index is 0.105. The van der Waals surface area contributed by atoms with Gasteiger partial charge in [-0.15, -0.1) is 11.3 Å². The molecule has 0 N–H and O–H groups in total. The first-order chi connectivity index (χ1) is 11.5. The summed E-state index contributed by atoms with van der Waals surface area (Å²) in [5.41, 5.74) is 1.18. The average Bonchev–Trinajstić information content (AvgIpc) is 3.06. The fraction of sp³-hybridized carbons (Fsp3) is 0.667. The molecule has 2 aliphatic rings. The summed E-state index contributed by atoms with van der Waals surface area (Å²) in [6, 6.07) is 3.49. The van der Waals surface area contributed by atoms with Gasteiger partial charge in [0.2, 0.25) is 0 Å². The van der Waals surface area contributed by atoms with Crippen LogP contribution in [0.4, 0.5) is 8.78 Å². The van der Waals surface area contributed by atoms with Crippen molar-refractivity contribution in [1.82, 2.24) is 0 Å². The molecule has 0 bridgehead atoms. The Labute approximate surface area is 145 Å². The summed E-state index contributed by atoms with van der Waals surface area (Å²) in [6.07, 6.45) is -2.23. The molecule has 0 amide bonds. The molecule has 0 aliphatic heterocycles.